The molecule has 4 saturated carbocycles. The normalized spacial score (nSPS) is 24.4. The Labute approximate surface area is 394 Å². The third-order valence-electron chi connectivity index (χ3n) is 13.8. The summed E-state index contributed by atoms with van der Waals surface area (Å²) in [4.78, 5) is 16.6. The molecule has 4 aromatic heterocycles. The molecule has 360 valence electrons. The summed E-state index contributed by atoms with van der Waals surface area (Å²) in [6.07, 6.45) is 11.9. The van der Waals surface area contributed by atoms with Gasteiger partial charge < -0.3 is 37.6 Å². The van der Waals surface area contributed by atoms with Gasteiger partial charge in [-0.1, -0.05) is 23.2 Å². The second kappa shape index (κ2) is 19.2. The zero-order valence-electron chi connectivity index (χ0n) is 37.4. The van der Waals surface area contributed by atoms with Crippen LogP contribution >= 0.6 is 23.2 Å². The van der Waals surface area contributed by atoms with Crippen molar-refractivity contribution in [1.82, 2.24) is 49.5 Å². The second-order valence-corrected chi connectivity index (χ2v) is 23.7. The summed E-state index contributed by atoms with van der Waals surface area (Å²) in [6, 6.07) is 0. The first kappa shape index (κ1) is 47.7. The van der Waals surface area contributed by atoms with Gasteiger partial charge in [0.15, 0.2) is 43.0 Å². The molecule has 4 aromatic rings. The van der Waals surface area contributed by atoms with Gasteiger partial charge in [0.2, 0.25) is 0 Å². The molecule has 0 bridgehead atoms. The number of hydrogen-bond donors (Lipinski definition) is 0. The number of halogens is 2. The van der Waals surface area contributed by atoms with Crippen molar-refractivity contribution in [3.63, 3.8) is 0 Å². The molecule has 0 amide bonds. The van der Waals surface area contributed by atoms with Crippen molar-refractivity contribution in [3.8, 4) is 0 Å². The van der Waals surface area contributed by atoms with Crippen LogP contribution in [0, 0.1) is 11.8 Å². The van der Waals surface area contributed by atoms with E-state index in [9.17, 15) is 16.8 Å². The smallest absolute Gasteiger partial charge is 0.165 e. The Kier molecular flexibility index (Phi) is 13.9. The molecule has 4 aliphatic carbocycles. The highest BCUT2D eigenvalue weighted by atomic mass is 35.5. The maximum atomic E-state index is 13.5. The first-order valence-electron chi connectivity index (χ1n) is 22.4. The van der Waals surface area contributed by atoms with Gasteiger partial charge in [0, 0.05) is 39.0 Å². The average molecular weight is 996 g/mol. The zero-order valence-corrected chi connectivity index (χ0v) is 40.5. The van der Waals surface area contributed by atoms with E-state index in [1.54, 1.807) is 13.8 Å². The number of sulfone groups is 2. The van der Waals surface area contributed by atoms with Gasteiger partial charge in [-0.3, -0.25) is 0 Å². The van der Waals surface area contributed by atoms with Crippen LogP contribution < -0.4 is 0 Å². The van der Waals surface area contributed by atoms with Crippen molar-refractivity contribution in [2.75, 3.05) is 53.9 Å². The van der Waals surface area contributed by atoms with E-state index in [2.05, 4.69) is 49.5 Å². The maximum Gasteiger partial charge on any atom is 0.165 e. The van der Waals surface area contributed by atoms with Gasteiger partial charge in [-0.25, -0.2) is 36.8 Å². The van der Waals surface area contributed by atoms with Gasteiger partial charge in [0.1, 0.15) is 47.6 Å². The van der Waals surface area contributed by atoms with Crippen LogP contribution in [0.1, 0.15) is 125 Å². The zero-order chi connectivity index (χ0) is 46.4. The van der Waals surface area contributed by atoms with Crippen LogP contribution in [-0.2, 0) is 70.7 Å². The quantitative estimate of drug-likeness (QED) is 0.130. The fourth-order valence-corrected chi connectivity index (χ4v) is 12.6. The number of methoxy groups -OCH3 is 2. The SMILES string of the molecule is CO[C@H](c1ncc(Cl)cn1)[C@H](C)S(=O)(=O)Cc1nnc([C@@H]2COCCO2)n1C1(C2CC2)CC1.CO[C@H](c1ncc(Cl)cn1)[C@H](C)S(=O)(=O)Cc1nnc([C@H]2COCCO2)n1C1(C2CC2)CC1. The summed E-state index contributed by atoms with van der Waals surface area (Å²) in [5.74, 6) is 3.32. The molecule has 0 radical (unpaired) electrons. The van der Waals surface area contributed by atoms with E-state index in [4.69, 9.17) is 51.6 Å². The van der Waals surface area contributed by atoms with E-state index >= 15 is 0 Å². The number of rotatable bonds is 18. The minimum absolute atomic E-state index is 0.103. The van der Waals surface area contributed by atoms with Gasteiger partial charge in [-0.2, -0.15) is 0 Å². The van der Waals surface area contributed by atoms with E-state index < -0.39 is 42.4 Å². The Morgan fingerprint density at radius 2 is 0.985 bits per heavy atom. The first-order valence-corrected chi connectivity index (χ1v) is 26.6. The Morgan fingerprint density at radius 3 is 1.27 bits per heavy atom. The van der Waals surface area contributed by atoms with Crippen LogP contribution in [0.25, 0.3) is 0 Å². The highest BCUT2D eigenvalue weighted by Crippen LogP contribution is 2.61. The summed E-state index contributed by atoms with van der Waals surface area (Å²) in [5.41, 5.74) is -0.207. The molecular formula is C42H56Cl2N10O10S2. The molecular weight excluding hydrogens is 940 g/mol. The van der Waals surface area contributed by atoms with Crippen molar-refractivity contribution in [2.24, 2.45) is 11.8 Å². The van der Waals surface area contributed by atoms with Crippen molar-refractivity contribution >= 4 is 42.9 Å². The van der Waals surface area contributed by atoms with Gasteiger partial charge in [-0.05, 0) is 77.0 Å². The molecule has 6 aliphatic rings. The predicted octanol–water partition coefficient (Wildman–Crippen LogP) is 4.80. The van der Waals surface area contributed by atoms with E-state index in [1.807, 2.05) is 0 Å². The monoisotopic (exact) mass is 994 g/mol. The molecule has 0 unspecified atom stereocenters. The maximum absolute atomic E-state index is 13.5. The van der Waals surface area contributed by atoms with Crippen LogP contribution in [0.15, 0.2) is 24.8 Å². The minimum atomic E-state index is -3.69. The number of nitrogens with zero attached hydrogens (tertiary/aromatic N) is 10. The summed E-state index contributed by atoms with van der Waals surface area (Å²) >= 11 is 11.8. The minimum Gasteiger partial charge on any atom is -0.376 e. The lowest BCUT2D eigenvalue weighted by molar-refractivity contribution is -0.0955. The molecule has 24 heteroatoms. The topological polar surface area (TPSA) is 237 Å². The Morgan fingerprint density at radius 1 is 0.621 bits per heavy atom. The van der Waals surface area contributed by atoms with Crippen molar-refractivity contribution in [1.29, 1.82) is 0 Å². The van der Waals surface area contributed by atoms with Crippen molar-refractivity contribution in [3.05, 3.63) is 69.8 Å². The molecule has 0 spiro atoms. The predicted molar refractivity (Wildman–Crippen MR) is 237 cm³/mol. The number of hydrogen-bond acceptors (Lipinski definition) is 18. The lowest BCUT2D eigenvalue weighted by atomic mass is 10.1. The number of aromatic nitrogens is 10. The second-order valence-electron chi connectivity index (χ2n) is 18.1. The molecule has 6 fully saturated rings. The van der Waals surface area contributed by atoms with Gasteiger partial charge in [0.25, 0.3) is 0 Å². The number of ether oxygens (including phenoxy) is 6. The lowest BCUT2D eigenvalue weighted by Crippen LogP contribution is -2.33. The summed E-state index contributed by atoms with van der Waals surface area (Å²) in [5, 5.41) is 16.5. The van der Waals surface area contributed by atoms with E-state index in [0.717, 1.165) is 51.4 Å². The summed E-state index contributed by atoms with van der Waals surface area (Å²) in [7, 11) is -4.50. The van der Waals surface area contributed by atoms with E-state index in [0.29, 0.717) is 84.8 Å². The van der Waals surface area contributed by atoms with E-state index in [-0.39, 0.29) is 46.4 Å². The van der Waals surface area contributed by atoms with Crippen LogP contribution in [-0.4, -0.2) is 131 Å². The standard InChI is InChI=1S/2C21H28ClN5O5S/c2*1-13(18(30-2)19-23-9-15(22)10-24-19)33(28,29)12-17-25-26-20(16-11-31-7-8-32-16)27(17)21(5-6-21)14-3-4-14/h2*9-10,13-14,16,18H,3-8,11-12H2,1-2H3/t13-,16+,18-;13-,16-,18-/m00/s1. The first-order chi connectivity index (χ1) is 31.7. The van der Waals surface area contributed by atoms with Crippen LogP contribution in [0.4, 0.5) is 0 Å². The lowest BCUT2D eigenvalue weighted by Gasteiger charge is -2.27. The molecule has 0 aromatic carbocycles. The highest BCUT2D eigenvalue weighted by Gasteiger charge is 2.59. The summed E-state index contributed by atoms with van der Waals surface area (Å²) in [6.45, 7) is 6.04. The van der Waals surface area contributed by atoms with Crippen LogP contribution in [0.5, 0.6) is 0 Å². The highest BCUT2D eigenvalue weighted by molar-refractivity contribution is 7.91. The molecule has 66 heavy (non-hydrogen) atoms. The van der Waals surface area contributed by atoms with Crippen molar-refractivity contribution in [2.45, 2.75) is 123 Å². The fraction of sp³-hybridized carbons (Fsp3) is 0.714. The van der Waals surface area contributed by atoms with Gasteiger partial charge >= 0.3 is 0 Å². The molecule has 10 rings (SSSR count). The average Bonchev–Trinajstić information content (AvgIpc) is 4.11. The Hall–Kier alpha value is -3.32. The van der Waals surface area contributed by atoms with Crippen LogP contribution in [0.2, 0.25) is 10.0 Å². The van der Waals surface area contributed by atoms with Gasteiger partial charge in [0.05, 0.1) is 71.3 Å². The molecule has 6 heterocycles. The van der Waals surface area contributed by atoms with Crippen molar-refractivity contribution < 1.29 is 45.3 Å². The Balaban J connectivity index is 0.000000166. The molecule has 6 atom stereocenters. The molecule has 20 nitrogen and oxygen atoms in total. The summed E-state index contributed by atoms with van der Waals surface area (Å²) < 4.78 is 92.1. The molecule has 2 aliphatic heterocycles. The molecule has 0 N–H and O–H groups in total. The third-order valence-corrected chi connectivity index (χ3v) is 18.2. The fourth-order valence-electron chi connectivity index (χ4n) is 9.59. The largest absolute Gasteiger partial charge is 0.376 e. The van der Waals surface area contributed by atoms with E-state index in [1.165, 1.54) is 39.0 Å². The third kappa shape index (κ3) is 9.78. The Bertz CT molecular complexity index is 2370. The molecule has 2 saturated heterocycles. The van der Waals surface area contributed by atoms with Gasteiger partial charge in [-0.15, -0.1) is 20.4 Å². The van der Waals surface area contributed by atoms with Crippen LogP contribution in [0.3, 0.4) is 0 Å².